The van der Waals surface area contributed by atoms with E-state index in [1.54, 1.807) is 6.07 Å². The van der Waals surface area contributed by atoms with Gasteiger partial charge in [0.15, 0.2) is 11.6 Å². The summed E-state index contributed by atoms with van der Waals surface area (Å²) in [5.74, 6) is -1.58. The van der Waals surface area contributed by atoms with Crippen molar-refractivity contribution in [2.75, 3.05) is 0 Å². The SMILES string of the molecule is CC1(C)CC(Cc2ccc(F)c(F)c2)=CC(N)C1. The van der Waals surface area contributed by atoms with E-state index in [-0.39, 0.29) is 11.5 Å². The van der Waals surface area contributed by atoms with Crippen LogP contribution >= 0.6 is 0 Å². The lowest BCUT2D eigenvalue weighted by atomic mass is 9.74. The number of hydrogen-bond donors (Lipinski definition) is 1. The Hall–Kier alpha value is -1.22. The number of halogens is 2. The summed E-state index contributed by atoms with van der Waals surface area (Å²) in [4.78, 5) is 0. The second kappa shape index (κ2) is 4.81. The van der Waals surface area contributed by atoms with Gasteiger partial charge in [0, 0.05) is 6.04 Å². The van der Waals surface area contributed by atoms with Crippen LogP contribution in [0, 0.1) is 17.0 Å². The fourth-order valence-corrected chi connectivity index (χ4v) is 2.78. The normalized spacial score (nSPS) is 22.7. The van der Waals surface area contributed by atoms with Gasteiger partial charge in [-0.15, -0.1) is 0 Å². The van der Waals surface area contributed by atoms with Crippen LogP contribution in [-0.4, -0.2) is 6.04 Å². The Kier molecular flexibility index (Phi) is 3.53. The van der Waals surface area contributed by atoms with E-state index >= 15 is 0 Å². The van der Waals surface area contributed by atoms with Crippen LogP contribution in [0.15, 0.2) is 29.8 Å². The molecule has 0 radical (unpaired) electrons. The largest absolute Gasteiger partial charge is 0.324 e. The monoisotopic (exact) mass is 251 g/mol. The first kappa shape index (κ1) is 13.2. The quantitative estimate of drug-likeness (QED) is 0.799. The summed E-state index contributed by atoms with van der Waals surface area (Å²) in [5.41, 5.74) is 8.19. The molecule has 2 rings (SSSR count). The molecule has 1 aromatic carbocycles. The zero-order valence-electron chi connectivity index (χ0n) is 10.8. The lowest BCUT2D eigenvalue weighted by Crippen LogP contribution is -2.31. The van der Waals surface area contributed by atoms with Crippen molar-refractivity contribution in [3.8, 4) is 0 Å². The standard InChI is InChI=1S/C15H19F2N/c1-15(2)8-11(6-12(18)9-15)5-10-3-4-13(16)14(17)7-10/h3-4,6-7,12H,5,8-9,18H2,1-2H3. The molecular weight excluding hydrogens is 232 g/mol. The lowest BCUT2D eigenvalue weighted by molar-refractivity contribution is 0.299. The van der Waals surface area contributed by atoms with E-state index in [1.807, 2.05) is 0 Å². The van der Waals surface area contributed by atoms with E-state index in [2.05, 4.69) is 19.9 Å². The molecule has 1 aromatic rings. The fraction of sp³-hybridized carbons (Fsp3) is 0.467. The molecule has 0 amide bonds. The molecule has 2 N–H and O–H groups in total. The minimum atomic E-state index is -0.798. The molecule has 1 aliphatic carbocycles. The topological polar surface area (TPSA) is 26.0 Å². The van der Waals surface area contributed by atoms with Gasteiger partial charge in [-0.2, -0.15) is 0 Å². The number of nitrogens with two attached hydrogens (primary N) is 1. The Morgan fingerprint density at radius 2 is 2.00 bits per heavy atom. The molecule has 0 spiro atoms. The maximum atomic E-state index is 13.1. The third kappa shape index (κ3) is 3.16. The van der Waals surface area contributed by atoms with Crippen molar-refractivity contribution >= 4 is 0 Å². The van der Waals surface area contributed by atoms with Crippen molar-refractivity contribution < 1.29 is 8.78 Å². The summed E-state index contributed by atoms with van der Waals surface area (Å²) in [7, 11) is 0. The molecule has 0 fully saturated rings. The van der Waals surface area contributed by atoms with Crippen LogP contribution in [0.3, 0.4) is 0 Å². The predicted octanol–water partition coefficient (Wildman–Crippen LogP) is 3.58. The molecule has 1 nitrogen and oxygen atoms in total. The van der Waals surface area contributed by atoms with E-state index in [0.29, 0.717) is 6.42 Å². The summed E-state index contributed by atoms with van der Waals surface area (Å²) in [6.07, 6.45) is 4.63. The highest BCUT2D eigenvalue weighted by Crippen LogP contribution is 2.35. The zero-order valence-corrected chi connectivity index (χ0v) is 10.8. The Morgan fingerprint density at radius 1 is 1.28 bits per heavy atom. The van der Waals surface area contributed by atoms with E-state index in [4.69, 9.17) is 5.73 Å². The molecule has 18 heavy (non-hydrogen) atoms. The molecule has 98 valence electrons. The molecule has 0 aliphatic heterocycles. The average molecular weight is 251 g/mol. The Balaban J connectivity index is 2.16. The van der Waals surface area contributed by atoms with E-state index < -0.39 is 11.6 Å². The van der Waals surface area contributed by atoms with E-state index in [0.717, 1.165) is 18.4 Å². The number of rotatable bonds is 2. The summed E-state index contributed by atoms with van der Waals surface area (Å²) in [5, 5.41) is 0. The summed E-state index contributed by atoms with van der Waals surface area (Å²) < 4.78 is 26.0. The first-order chi connectivity index (χ1) is 8.35. The van der Waals surface area contributed by atoms with Crippen LogP contribution in [0.25, 0.3) is 0 Å². The van der Waals surface area contributed by atoms with Crippen molar-refractivity contribution in [1.82, 2.24) is 0 Å². The van der Waals surface area contributed by atoms with Crippen LogP contribution in [0.5, 0.6) is 0 Å². The Labute approximate surface area is 107 Å². The van der Waals surface area contributed by atoms with Gasteiger partial charge in [0.25, 0.3) is 0 Å². The van der Waals surface area contributed by atoms with Crippen LogP contribution in [0.4, 0.5) is 8.78 Å². The number of allylic oxidation sites excluding steroid dienone is 1. The van der Waals surface area contributed by atoms with Crippen molar-refractivity contribution in [1.29, 1.82) is 0 Å². The highest BCUT2D eigenvalue weighted by molar-refractivity contribution is 5.26. The van der Waals surface area contributed by atoms with Crippen LogP contribution in [-0.2, 0) is 6.42 Å². The summed E-state index contributed by atoms with van der Waals surface area (Å²) >= 11 is 0. The average Bonchev–Trinajstić information content (AvgIpc) is 2.20. The molecule has 0 heterocycles. The first-order valence-corrected chi connectivity index (χ1v) is 6.25. The minimum absolute atomic E-state index is 0.0639. The number of hydrogen-bond acceptors (Lipinski definition) is 1. The van der Waals surface area contributed by atoms with Crippen LogP contribution < -0.4 is 5.73 Å². The van der Waals surface area contributed by atoms with E-state index in [1.165, 1.54) is 17.7 Å². The van der Waals surface area contributed by atoms with Gasteiger partial charge >= 0.3 is 0 Å². The van der Waals surface area contributed by atoms with Crippen LogP contribution in [0.1, 0.15) is 32.3 Å². The van der Waals surface area contributed by atoms with Gasteiger partial charge in [-0.1, -0.05) is 31.6 Å². The third-order valence-electron chi connectivity index (χ3n) is 3.36. The Morgan fingerprint density at radius 3 is 2.61 bits per heavy atom. The smallest absolute Gasteiger partial charge is 0.159 e. The van der Waals surface area contributed by atoms with Gasteiger partial charge in [-0.3, -0.25) is 0 Å². The highest BCUT2D eigenvalue weighted by Gasteiger charge is 2.26. The zero-order chi connectivity index (χ0) is 13.3. The molecule has 1 unspecified atom stereocenters. The highest BCUT2D eigenvalue weighted by atomic mass is 19.2. The molecule has 0 saturated heterocycles. The van der Waals surface area contributed by atoms with Crippen molar-refractivity contribution in [2.24, 2.45) is 11.1 Å². The Bertz CT molecular complexity index is 477. The molecular formula is C15H19F2N. The maximum Gasteiger partial charge on any atom is 0.159 e. The second-order valence-electron chi connectivity index (χ2n) is 5.96. The summed E-state index contributed by atoms with van der Waals surface area (Å²) in [6.45, 7) is 4.37. The third-order valence-corrected chi connectivity index (χ3v) is 3.36. The molecule has 0 bridgehead atoms. The maximum absolute atomic E-state index is 13.1. The molecule has 3 heteroatoms. The first-order valence-electron chi connectivity index (χ1n) is 6.25. The lowest BCUT2D eigenvalue weighted by Gasteiger charge is -2.33. The second-order valence-corrected chi connectivity index (χ2v) is 5.96. The predicted molar refractivity (Wildman–Crippen MR) is 69.1 cm³/mol. The van der Waals surface area contributed by atoms with Gasteiger partial charge in [0.05, 0.1) is 0 Å². The van der Waals surface area contributed by atoms with Gasteiger partial charge in [0.2, 0.25) is 0 Å². The van der Waals surface area contributed by atoms with Crippen LogP contribution in [0.2, 0.25) is 0 Å². The van der Waals surface area contributed by atoms with Gasteiger partial charge in [-0.25, -0.2) is 8.78 Å². The molecule has 0 aromatic heterocycles. The minimum Gasteiger partial charge on any atom is -0.324 e. The fourth-order valence-electron chi connectivity index (χ4n) is 2.78. The number of benzene rings is 1. The molecule has 1 atom stereocenters. The van der Waals surface area contributed by atoms with E-state index in [9.17, 15) is 8.78 Å². The van der Waals surface area contributed by atoms with Gasteiger partial charge in [-0.05, 0) is 42.4 Å². The van der Waals surface area contributed by atoms with Crippen molar-refractivity contribution in [3.05, 3.63) is 47.0 Å². The van der Waals surface area contributed by atoms with Gasteiger partial charge in [0.1, 0.15) is 0 Å². The van der Waals surface area contributed by atoms with Crippen molar-refractivity contribution in [3.63, 3.8) is 0 Å². The van der Waals surface area contributed by atoms with Crippen molar-refractivity contribution in [2.45, 2.75) is 39.2 Å². The molecule has 0 saturated carbocycles. The van der Waals surface area contributed by atoms with Gasteiger partial charge < -0.3 is 5.73 Å². The molecule has 1 aliphatic rings. The summed E-state index contributed by atoms with van der Waals surface area (Å²) in [6, 6.07) is 4.14.